The lowest BCUT2D eigenvalue weighted by Crippen LogP contribution is -2.48. The van der Waals surface area contributed by atoms with Crippen LogP contribution in [0.5, 0.6) is 5.75 Å². The summed E-state index contributed by atoms with van der Waals surface area (Å²) in [7, 11) is 0. The Morgan fingerprint density at radius 2 is 2.35 bits per heavy atom. The molecule has 2 unspecified atom stereocenters. The lowest BCUT2D eigenvalue weighted by Gasteiger charge is -2.29. The first-order valence-corrected chi connectivity index (χ1v) is 7.46. The van der Waals surface area contributed by atoms with Gasteiger partial charge in [0.25, 0.3) is 0 Å². The van der Waals surface area contributed by atoms with Crippen molar-refractivity contribution >= 4 is 23.2 Å². The van der Waals surface area contributed by atoms with Crippen LogP contribution in [0.25, 0.3) is 0 Å². The van der Waals surface area contributed by atoms with E-state index in [1.807, 2.05) is 6.92 Å². The van der Waals surface area contributed by atoms with Crippen molar-refractivity contribution in [1.29, 1.82) is 0 Å². The highest BCUT2D eigenvalue weighted by Crippen LogP contribution is 2.29. The maximum atomic E-state index is 12.4. The number of amides is 1. The van der Waals surface area contributed by atoms with Crippen molar-refractivity contribution in [3.63, 3.8) is 0 Å². The Balaban J connectivity index is 2.12. The SMILES string of the molecule is CCOc1ccc(Cl)cc1NC(=O)C1NCCCC1C. The molecule has 0 bridgehead atoms. The molecule has 110 valence electrons. The van der Waals surface area contributed by atoms with E-state index in [1.54, 1.807) is 18.2 Å². The van der Waals surface area contributed by atoms with Gasteiger partial charge < -0.3 is 15.4 Å². The van der Waals surface area contributed by atoms with Crippen LogP contribution in [0.2, 0.25) is 5.02 Å². The molecular formula is C15H21ClN2O2. The monoisotopic (exact) mass is 296 g/mol. The Kier molecular flexibility index (Phi) is 5.26. The van der Waals surface area contributed by atoms with Gasteiger partial charge in [-0.05, 0) is 50.4 Å². The molecule has 0 spiro atoms. The Labute approximate surface area is 124 Å². The molecule has 0 saturated carbocycles. The predicted molar refractivity (Wildman–Crippen MR) is 81.4 cm³/mol. The highest BCUT2D eigenvalue weighted by molar-refractivity contribution is 6.31. The lowest BCUT2D eigenvalue weighted by atomic mass is 9.92. The summed E-state index contributed by atoms with van der Waals surface area (Å²) in [6, 6.07) is 5.10. The number of rotatable bonds is 4. The summed E-state index contributed by atoms with van der Waals surface area (Å²) in [5.41, 5.74) is 0.629. The van der Waals surface area contributed by atoms with Gasteiger partial charge in [0.05, 0.1) is 18.3 Å². The standard InChI is InChI=1S/C15H21ClN2O2/c1-3-20-13-7-6-11(16)9-12(13)18-15(19)14-10(2)5-4-8-17-14/h6-7,9-10,14,17H,3-5,8H2,1-2H3,(H,18,19). The van der Waals surface area contributed by atoms with E-state index in [4.69, 9.17) is 16.3 Å². The summed E-state index contributed by atoms with van der Waals surface area (Å²) < 4.78 is 5.51. The summed E-state index contributed by atoms with van der Waals surface area (Å²) in [4.78, 5) is 12.4. The number of hydrogen-bond acceptors (Lipinski definition) is 3. The maximum absolute atomic E-state index is 12.4. The van der Waals surface area contributed by atoms with E-state index in [0.717, 1.165) is 19.4 Å². The molecule has 20 heavy (non-hydrogen) atoms. The van der Waals surface area contributed by atoms with Gasteiger partial charge in [-0.2, -0.15) is 0 Å². The summed E-state index contributed by atoms with van der Waals surface area (Å²) in [6.07, 6.45) is 2.19. The molecule has 1 aromatic carbocycles. The minimum absolute atomic E-state index is 0.0274. The molecule has 0 aliphatic carbocycles. The number of hydrogen-bond donors (Lipinski definition) is 2. The second-order valence-electron chi connectivity index (χ2n) is 5.11. The second kappa shape index (κ2) is 6.95. The van der Waals surface area contributed by atoms with Crippen molar-refractivity contribution in [3.8, 4) is 5.75 Å². The molecule has 2 atom stereocenters. The number of anilines is 1. The van der Waals surface area contributed by atoms with Gasteiger partial charge in [0.1, 0.15) is 5.75 Å². The molecule has 1 fully saturated rings. The topological polar surface area (TPSA) is 50.4 Å². The van der Waals surface area contributed by atoms with E-state index < -0.39 is 0 Å². The predicted octanol–water partition coefficient (Wildman–Crippen LogP) is 3.07. The molecule has 5 heteroatoms. The maximum Gasteiger partial charge on any atom is 0.241 e. The number of carbonyl (C=O) groups is 1. The van der Waals surface area contributed by atoms with Crippen LogP contribution in [0, 0.1) is 5.92 Å². The largest absolute Gasteiger partial charge is 0.492 e. The molecule has 2 N–H and O–H groups in total. The number of halogens is 1. The Bertz CT molecular complexity index is 479. The van der Waals surface area contributed by atoms with Crippen LogP contribution in [-0.4, -0.2) is 25.1 Å². The molecular weight excluding hydrogens is 276 g/mol. The van der Waals surface area contributed by atoms with Crippen LogP contribution < -0.4 is 15.4 Å². The average molecular weight is 297 g/mol. The Morgan fingerprint density at radius 3 is 3.05 bits per heavy atom. The zero-order valence-electron chi connectivity index (χ0n) is 11.9. The third-order valence-electron chi connectivity index (χ3n) is 3.55. The normalized spacial score (nSPS) is 22.4. The molecule has 1 aliphatic rings. The zero-order chi connectivity index (χ0) is 14.5. The van der Waals surface area contributed by atoms with Crippen LogP contribution >= 0.6 is 11.6 Å². The van der Waals surface area contributed by atoms with E-state index in [2.05, 4.69) is 17.6 Å². The number of nitrogens with one attached hydrogen (secondary N) is 2. The summed E-state index contributed by atoms with van der Waals surface area (Å²) in [5.74, 6) is 0.951. The second-order valence-corrected chi connectivity index (χ2v) is 5.55. The van der Waals surface area contributed by atoms with Crippen molar-refractivity contribution in [1.82, 2.24) is 5.32 Å². The number of carbonyl (C=O) groups excluding carboxylic acids is 1. The van der Waals surface area contributed by atoms with Crippen LogP contribution in [0.3, 0.4) is 0 Å². The van der Waals surface area contributed by atoms with Crippen molar-refractivity contribution in [2.24, 2.45) is 5.92 Å². The van der Waals surface area contributed by atoms with Crippen molar-refractivity contribution in [3.05, 3.63) is 23.2 Å². The first-order chi connectivity index (χ1) is 9.61. The third kappa shape index (κ3) is 3.64. The average Bonchev–Trinajstić information content (AvgIpc) is 2.42. The van der Waals surface area contributed by atoms with Gasteiger partial charge in [0.2, 0.25) is 5.91 Å². The fourth-order valence-electron chi connectivity index (χ4n) is 2.49. The number of ether oxygens (including phenoxy) is 1. The van der Waals surface area contributed by atoms with Crippen molar-refractivity contribution in [2.45, 2.75) is 32.7 Å². The van der Waals surface area contributed by atoms with Gasteiger partial charge >= 0.3 is 0 Å². The lowest BCUT2D eigenvalue weighted by molar-refractivity contribution is -0.119. The van der Waals surface area contributed by atoms with Crippen LogP contribution in [0.15, 0.2) is 18.2 Å². The molecule has 1 aliphatic heterocycles. The minimum atomic E-state index is -0.155. The molecule has 1 saturated heterocycles. The molecule has 1 aromatic rings. The highest BCUT2D eigenvalue weighted by Gasteiger charge is 2.27. The Morgan fingerprint density at radius 1 is 1.55 bits per heavy atom. The minimum Gasteiger partial charge on any atom is -0.492 e. The van der Waals surface area contributed by atoms with Gasteiger partial charge in [-0.3, -0.25) is 4.79 Å². The van der Waals surface area contributed by atoms with E-state index in [-0.39, 0.29) is 11.9 Å². The number of piperidine rings is 1. The van der Waals surface area contributed by atoms with Gasteiger partial charge in [0, 0.05) is 5.02 Å². The van der Waals surface area contributed by atoms with E-state index >= 15 is 0 Å². The summed E-state index contributed by atoms with van der Waals surface area (Å²) >= 11 is 5.99. The zero-order valence-corrected chi connectivity index (χ0v) is 12.7. The molecule has 1 heterocycles. The smallest absolute Gasteiger partial charge is 0.241 e. The molecule has 0 aromatic heterocycles. The summed E-state index contributed by atoms with van der Waals surface area (Å²) in [5, 5.41) is 6.77. The van der Waals surface area contributed by atoms with Gasteiger partial charge in [-0.25, -0.2) is 0 Å². The van der Waals surface area contributed by atoms with E-state index in [0.29, 0.717) is 29.0 Å². The van der Waals surface area contributed by atoms with Gasteiger partial charge in [-0.15, -0.1) is 0 Å². The number of benzene rings is 1. The fraction of sp³-hybridized carbons (Fsp3) is 0.533. The molecule has 1 amide bonds. The molecule has 2 rings (SSSR count). The quantitative estimate of drug-likeness (QED) is 0.898. The first-order valence-electron chi connectivity index (χ1n) is 7.08. The van der Waals surface area contributed by atoms with Crippen LogP contribution in [0.4, 0.5) is 5.69 Å². The van der Waals surface area contributed by atoms with E-state index in [1.165, 1.54) is 0 Å². The summed E-state index contributed by atoms with van der Waals surface area (Å²) in [6.45, 7) is 5.43. The molecule has 4 nitrogen and oxygen atoms in total. The van der Waals surface area contributed by atoms with Crippen LogP contribution in [-0.2, 0) is 4.79 Å². The van der Waals surface area contributed by atoms with Crippen molar-refractivity contribution in [2.75, 3.05) is 18.5 Å². The van der Waals surface area contributed by atoms with Gasteiger partial charge in [0.15, 0.2) is 0 Å². The third-order valence-corrected chi connectivity index (χ3v) is 3.79. The first kappa shape index (κ1) is 15.1. The van der Waals surface area contributed by atoms with E-state index in [9.17, 15) is 4.79 Å². The van der Waals surface area contributed by atoms with Crippen molar-refractivity contribution < 1.29 is 9.53 Å². The van der Waals surface area contributed by atoms with Crippen LogP contribution in [0.1, 0.15) is 26.7 Å². The van der Waals surface area contributed by atoms with Gasteiger partial charge in [-0.1, -0.05) is 18.5 Å². The fourth-order valence-corrected chi connectivity index (χ4v) is 2.66. The molecule has 0 radical (unpaired) electrons. The highest BCUT2D eigenvalue weighted by atomic mass is 35.5. The Hall–Kier alpha value is -1.26.